The fourth-order valence-corrected chi connectivity index (χ4v) is 1.70. The Hall–Kier alpha value is -1.43. The topological polar surface area (TPSA) is 38.7 Å². The fourth-order valence-electron chi connectivity index (χ4n) is 1.70. The molecular formula is C16H23F3O3. The highest BCUT2D eigenvalue weighted by molar-refractivity contribution is 5.48. The van der Waals surface area contributed by atoms with Crippen molar-refractivity contribution < 1.29 is 27.8 Å². The van der Waals surface area contributed by atoms with Crippen LogP contribution in [0.3, 0.4) is 0 Å². The van der Waals surface area contributed by atoms with Gasteiger partial charge in [0.2, 0.25) is 0 Å². The molecule has 1 rings (SSSR count). The third-order valence-electron chi connectivity index (χ3n) is 2.75. The number of para-hydroxylation sites is 1. The molecule has 0 radical (unpaired) electrons. The number of hydrogen-bond acceptors (Lipinski definition) is 3. The highest BCUT2D eigenvalue weighted by atomic mass is 19.4. The number of aliphatic hydroxyl groups excluding tert-OH is 1. The smallest absolute Gasteiger partial charge is 0.418 e. The van der Waals surface area contributed by atoms with Crippen LogP contribution in [-0.4, -0.2) is 24.5 Å². The predicted octanol–water partition coefficient (Wildman–Crippen LogP) is 4.35. The molecule has 1 aromatic carbocycles. The lowest BCUT2D eigenvalue weighted by atomic mass is 10.1. The maximum atomic E-state index is 12.8. The summed E-state index contributed by atoms with van der Waals surface area (Å²) in [7, 11) is 0. The number of hydrogen-bond donors (Lipinski definition) is 1. The molecule has 0 spiro atoms. The van der Waals surface area contributed by atoms with Crippen molar-refractivity contribution in [3.63, 3.8) is 0 Å². The van der Waals surface area contributed by atoms with E-state index in [4.69, 9.17) is 9.47 Å². The van der Waals surface area contributed by atoms with Gasteiger partial charge in [-0.15, -0.1) is 0 Å². The minimum Gasteiger partial charge on any atom is -0.489 e. The van der Waals surface area contributed by atoms with E-state index in [1.54, 1.807) is 6.07 Å². The number of halogens is 3. The molecule has 6 heteroatoms. The van der Waals surface area contributed by atoms with E-state index in [9.17, 15) is 18.3 Å². The van der Waals surface area contributed by atoms with Crippen LogP contribution in [-0.2, 0) is 0 Å². The van der Waals surface area contributed by atoms with Crippen LogP contribution >= 0.6 is 0 Å². The lowest BCUT2D eigenvalue weighted by Gasteiger charge is -2.22. The minimum absolute atomic E-state index is 0.0401. The first-order valence-corrected chi connectivity index (χ1v) is 7.26. The van der Waals surface area contributed by atoms with Crippen LogP contribution in [0.15, 0.2) is 18.2 Å². The zero-order valence-electron chi connectivity index (χ0n) is 13.3. The third kappa shape index (κ3) is 5.40. The quantitative estimate of drug-likeness (QED) is 0.811. The first-order chi connectivity index (χ1) is 10.1. The van der Waals surface area contributed by atoms with Crippen molar-refractivity contribution >= 4 is 0 Å². The van der Waals surface area contributed by atoms with Crippen LogP contribution in [0.5, 0.6) is 11.5 Å². The maximum absolute atomic E-state index is 12.8. The van der Waals surface area contributed by atoms with Gasteiger partial charge >= 0.3 is 6.18 Å². The zero-order chi connectivity index (χ0) is 16.9. The molecule has 0 saturated carbocycles. The van der Waals surface area contributed by atoms with E-state index < -0.39 is 12.3 Å². The van der Waals surface area contributed by atoms with Gasteiger partial charge in [0.05, 0.1) is 13.2 Å². The summed E-state index contributed by atoms with van der Waals surface area (Å²) in [4.78, 5) is 0. The minimum atomic E-state index is -4.76. The number of aliphatic hydroxyl groups is 1. The summed E-state index contributed by atoms with van der Waals surface area (Å²) in [5, 5.41) is 9.54. The largest absolute Gasteiger partial charge is 0.489 e. The SMILES string of the molecule is CC(C)COc1cccc(C(O)C(F)(F)F)c1OCC(C)C. The van der Waals surface area contributed by atoms with Crippen molar-refractivity contribution in [3.05, 3.63) is 23.8 Å². The Bertz CT molecular complexity index is 470. The lowest BCUT2D eigenvalue weighted by molar-refractivity contribution is -0.207. The summed E-state index contributed by atoms with van der Waals surface area (Å²) >= 11 is 0. The predicted molar refractivity (Wildman–Crippen MR) is 78.1 cm³/mol. The molecule has 0 aliphatic rings. The van der Waals surface area contributed by atoms with Crippen LogP contribution in [0.1, 0.15) is 39.4 Å². The zero-order valence-corrected chi connectivity index (χ0v) is 13.3. The summed E-state index contributed by atoms with van der Waals surface area (Å²) in [6, 6.07) is 4.17. The molecule has 0 aromatic heterocycles. The standard InChI is InChI=1S/C16H23F3O3/c1-10(2)8-21-13-7-5-6-12(15(20)16(17,18)19)14(13)22-9-11(3)4/h5-7,10-11,15,20H,8-9H2,1-4H3. The second-order valence-corrected chi connectivity index (χ2v) is 6.03. The molecule has 0 bridgehead atoms. The molecule has 0 amide bonds. The van der Waals surface area contributed by atoms with Gasteiger partial charge in [0.1, 0.15) is 0 Å². The Morgan fingerprint density at radius 2 is 1.55 bits per heavy atom. The van der Waals surface area contributed by atoms with E-state index in [0.29, 0.717) is 6.61 Å². The van der Waals surface area contributed by atoms with Gasteiger partial charge in [-0.2, -0.15) is 13.2 Å². The molecule has 0 aliphatic carbocycles. The van der Waals surface area contributed by atoms with E-state index in [0.717, 1.165) is 0 Å². The van der Waals surface area contributed by atoms with Crippen molar-refractivity contribution in [3.8, 4) is 11.5 Å². The first-order valence-electron chi connectivity index (χ1n) is 7.26. The average Bonchev–Trinajstić information content (AvgIpc) is 2.40. The van der Waals surface area contributed by atoms with Gasteiger partial charge in [0.25, 0.3) is 0 Å². The lowest BCUT2D eigenvalue weighted by Crippen LogP contribution is -2.21. The molecule has 22 heavy (non-hydrogen) atoms. The van der Waals surface area contributed by atoms with Gasteiger partial charge in [0.15, 0.2) is 17.6 Å². The van der Waals surface area contributed by atoms with E-state index in [1.165, 1.54) is 12.1 Å². The highest BCUT2D eigenvalue weighted by Crippen LogP contribution is 2.41. The van der Waals surface area contributed by atoms with Crippen LogP contribution in [0, 0.1) is 11.8 Å². The second-order valence-electron chi connectivity index (χ2n) is 6.03. The Morgan fingerprint density at radius 1 is 1.00 bits per heavy atom. The summed E-state index contributed by atoms with van der Waals surface area (Å²) < 4.78 is 49.5. The molecule has 0 aliphatic heterocycles. The molecular weight excluding hydrogens is 297 g/mol. The molecule has 3 nitrogen and oxygen atoms in total. The number of ether oxygens (including phenoxy) is 2. The third-order valence-corrected chi connectivity index (χ3v) is 2.75. The molecule has 0 heterocycles. The number of alkyl halides is 3. The Kier molecular flexibility index (Phi) is 6.53. The Labute approximate surface area is 129 Å². The number of benzene rings is 1. The normalized spacial score (nSPS) is 13.5. The summed E-state index contributed by atoms with van der Waals surface area (Å²) in [5.41, 5.74) is -0.325. The van der Waals surface area contributed by atoms with Gasteiger partial charge in [-0.25, -0.2) is 0 Å². The Morgan fingerprint density at radius 3 is 2.05 bits per heavy atom. The monoisotopic (exact) mass is 320 g/mol. The van der Waals surface area contributed by atoms with Crippen LogP contribution in [0.25, 0.3) is 0 Å². The first kappa shape index (κ1) is 18.6. The van der Waals surface area contributed by atoms with E-state index in [1.807, 2.05) is 27.7 Å². The Balaban J connectivity index is 3.15. The maximum Gasteiger partial charge on any atom is 0.418 e. The van der Waals surface area contributed by atoms with Crippen LogP contribution < -0.4 is 9.47 Å². The average molecular weight is 320 g/mol. The van der Waals surface area contributed by atoms with Crippen molar-refractivity contribution in [1.82, 2.24) is 0 Å². The molecule has 1 N–H and O–H groups in total. The van der Waals surface area contributed by atoms with Crippen molar-refractivity contribution in [2.45, 2.75) is 40.0 Å². The van der Waals surface area contributed by atoms with Crippen molar-refractivity contribution in [2.75, 3.05) is 13.2 Å². The van der Waals surface area contributed by atoms with Crippen LogP contribution in [0.4, 0.5) is 13.2 Å². The second kappa shape index (κ2) is 7.72. The summed E-state index contributed by atoms with van der Waals surface area (Å²) in [5.74, 6) is 0.528. The van der Waals surface area contributed by atoms with E-state index in [-0.39, 0.29) is 35.5 Å². The summed E-state index contributed by atoms with van der Waals surface area (Å²) in [6.07, 6.45) is -7.36. The highest BCUT2D eigenvalue weighted by Gasteiger charge is 2.41. The van der Waals surface area contributed by atoms with Gasteiger partial charge in [-0.3, -0.25) is 0 Å². The van der Waals surface area contributed by atoms with Gasteiger partial charge < -0.3 is 14.6 Å². The molecule has 0 saturated heterocycles. The number of rotatable bonds is 7. The summed E-state index contributed by atoms with van der Waals surface area (Å²) in [6.45, 7) is 8.23. The molecule has 126 valence electrons. The van der Waals surface area contributed by atoms with Gasteiger partial charge in [-0.1, -0.05) is 39.8 Å². The molecule has 0 fully saturated rings. The van der Waals surface area contributed by atoms with Gasteiger partial charge in [0, 0.05) is 5.56 Å². The van der Waals surface area contributed by atoms with Crippen molar-refractivity contribution in [1.29, 1.82) is 0 Å². The van der Waals surface area contributed by atoms with Gasteiger partial charge in [-0.05, 0) is 17.9 Å². The van der Waals surface area contributed by atoms with Crippen molar-refractivity contribution in [2.24, 2.45) is 11.8 Å². The molecule has 1 atom stereocenters. The fraction of sp³-hybridized carbons (Fsp3) is 0.625. The van der Waals surface area contributed by atoms with E-state index in [2.05, 4.69) is 0 Å². The molecule has 1 aromatic rings. The van der Waals surface area contributed by atoms with E-state index >= 15 is 0 Å². The molecule has 1 unspecified atom stereocenters. The van der Waals surface area contributed by atoms with Crippen LogP contribution in [0.2, 0.25) is 0 Å².